The summed E-state index contributed by atoms with van der Waals surface area (Å²) < 4.78 is 13.4. The van der Waals surface area contributed by atoms with Gasteiger partial charge in [0, 0.05) is 19.6 Å². The van der Waals surface area contributed by atoms with Crippen LogP contribution < -0.4 is 14.8 Å². The van der Waals surface area contributed by atoms with Gasteiger partial charge in [-0.2, -0.15) is 0 Å². The molecule has 176 valence electrons. The van der Waals surface area contributed by atoms with Gasteiger partial charge in [-0.3, -0.25) is 4.90 Å². The van der Waals surface area contributed by atoms with Gasteiger partial charge in [-0.25, -0.2) is 4.98 Å². The first kappa shape index (κ1) is 22.8. The van der Waals surface area contributed by atoms with Crippen molar-refractivity contribution in [2.45, 2.75) is 26.0 Å². The average Bonchev–Trinajstić information content (AvgIpc) is 3.11. The largest absolute Gasteiger partial charge is 0.490 e. The van der Waals surface area contributed by atoms with Crippen molar-refractivity contribution in [1.82, 2.24) is 15.2 Å². The maximum absolute atomic E-state index is 6.17. The number of fused-ring (bicyclic) bond motifs is 1. The van der Waals surface area contributed by atoms with Crippen LogP contribution in [0, 0.1) is 0 Å². The second-order valence-corrected chi connectivity index (χ2v) is 9.54. The maximum atomic E-state index is 6.17. The summed E-state index contributed by atoms with van der Waals surface area (Å²) >= 11 is 1.79. The van der Waals surface area contributed by atoms with Crippen molar-refractivity contribution in [2.24, 2.45) is 0 Å². The highest BCUT2D eigenvalue weighted by molar-refractivity contribution is 7.18. The lowest BCUT2D eigenvalue weighted by molar-refractivity contribution is 0.238. The molecule has 1 unspecified atom stereocenters. The van der Waals surface area contributed by atoms with Gasteiger partial charge in [-0.1, -0.05) is 48.5 Å². The highest BCUT2D eigenvalue weighted by Gasteiger charge is 2.27. The van der Waals surface area contributed by atoms with Gasteiger partial charge in [0.25, 0.3) is 0 Å². The van der Waals surface area contributed by atoms with Crippen molar-refractivity contribution in [2.75, 3.05) is 32.8 Å². The van der Waals surface area contributed by atoms with Crippen LogP contribution in [0.1, 0.15) is 35.5 Å². The Bertz CT molecular complexity index is 1170. The van der Waals surface area contributed by atoms with Crippen LogP contribution in [0.15, 0.2) is 72.8 Å². The third kappa shape index (κ3) is 5.25. The molecule has 1 atom stereocenters. The Labute approximate surface area is 205 Å². The first-order chi connectivity index (χ1) is 16.8. The molecule has 1 aliphatic heterocycles. The standard InChI is InChI=1S/C28H31N3O2S/c1-2-32-25-19-22(13-14-24(25)33-20-21-9-4-3-5-10-21)27(31-17-8-15-29-16-18-31)28-30-23-11-6-7-12-26(23)34-28/h3-7,9-14,19,27,29H,2,8,15-18,20H2,1H3. The quantitative estimate of drug-likeness (QED) is 0.358. The van der Waals surface area contributed by atoms with Gasteiger partial charge >= 0.3 is 0 Å². The van der Waals surface area contributed by atoms with Gasteiger partial charge in [0.15, 0.2) is 11.5 Å². The minimum Gasteiger partial charge on any atom is -0.490 e. The number of thiazole rings is 1. The van der Waals surface area contributed by atoms with Crippen molar-refractivity contribution >= 4 is 21.6 Å². The molecule has 4 aromatic rings. The minimum absolute atomic E-state index is 0.0830. The van der Waals surface area contributed by atoms with Gasteiger partial charge in [-0.05, 0) is 55.3 Å². The molecule has 0 radical (unpaired) electrons. The third-order valence-electron chi connectivity index (χ3n) is 6.10. The number of benzene rings is 3. The number of para-hydroxylation sites is 1. The zero-order valence-corrected chi connectivity index (χ0v) is 20.4. The number of nitrogens with one attached hydrogen (secondary N) is 1. The molecule has 1 aliphatic rings. The number of aromatic nitrogens is 1. The highest BCUT2D eigenvalue weighted by Crippen LogP contribution is 2.38. The van der Waals surface area contributed by atoms with Crippen molar-refractivity contribution in [3.63, 3.8) is 0 Å². The lowest BCUT2D eigenvalue weighted by atomic mass is 10.0. The zero-order chi connectivity index (χ0) is 23.2. The van der Waals surface area contributed by atoms with E-state index in [9.17, 15) is 0 Å². The lowest BCUT2D eigenvalue weighted by Gasteiger charge is -2.29. The molecule has 1 aromatic heterocycles. The molecule has 3 aromatic carbocycles. The first-order valence-corrected chi connectivity index (χ1v) is 12.9. The zero-order valence-electron chi connectivity index (χ0n) is 19.6. The number of rotatable bonds is 8. The van der Waals surface area contributed by atoms with E-state index in [0.717, 1.165) is 60.2 Å². The first-order valence-electron chi connectivity index (χ1n) is 12.1. The molecule has 2 heterocycles. The van der Waals surface area contributed by atoms with Gasteiger partial charge in [0.2, 0.25) is 0 Å². The number of nitrogens with zero attached hydrogens (tertiary/aromatic N) is 2. The van der Waals surface area contributed by atoms with Crippen LogP contribution >= 0.6 is 11.3 Å². The molecule has 0 bridgehead atoms. The molecule has 1 saturated heterocycles. The van der Waals surface area contributed by atoms with E-state index in [-0.39, 0.29) is 6.04 Å². The van der Waals surface area contributed by atoms with E-state index in [2.05, 4.69) is 64.8 Å². The Morgan fingerprint density at radius 2 is 1.79 bits per heavy atom. The number of hydrogen-bond acceptors (Lipinski definition) is 6. The summed E-state index contributed by atoms with van der Waals surface area (Å²) in [5.74, 6) is 1.56. The lowest BCUT2D eigenvalue weighted by Crippen LogP contribution is -2.33. The van der Waals surface area contributed by atoms with E-state index >= 15 is 0 Å². The molecular formula is C28H31N3O2S. The molecular weight excluding hydrogens is 442 g/mol. The van der Waals surface area contributed by atoms with E-state index in [1.54, 1.807) is 11.3 Å². The normalized spacial score (nSPS) is 15.7. The molecule has 1 N–H and O–H groups in total. The van der Waals surface area contributed by atoms with Crippen LogP contribution in [0.2, 0.25) is 0 Å². The molecule has 5 nitrogen and oxygen atoms in total. The summed E-state index contributed by atoms with van der Waals surface area (Å²) in [6.07, 6.45) is 1.12. The van der Waals surface area contributed by atoms with E-state index in [1.807, 2.05) is 25.1 Å². The second kappa shape index (κ2) is 11.0. The van der Waals surface area contributed by atoms with Crippen molar-refractivity contribution in [1.29, 1.82) is 0 Å². The average molecular weight is 474 g/mol. The molecule has 1 fully saturated rings. The minimum atomic E-state index is 0.0830. The van der Waals surface area contributed by atoms with E-state index in [0.29, 0.717) is 13.2 Å². The monoisotopic (exact) mass is 473 g/mol. The Morgan fingerprint density at radius 3 is 2.65 bits per heavy atom. The van der Waals surface area contributed by atoms with Gasteiger partial charge in [0.05, 0.1) is 22.9 Å². The van der Waals surface area contributed by atoms with E-state index in [1.165, 1.54) is 10.3 Å². The Morgan fingerprint density at radius 1 is 0.941 bits per heavy atom. The van der Waals surface area contributed by atoms with Gasteiger partial charge < -0.3 is 14.8 Å². The highest BCUT2D eigenvalue weighted by atomic mass is 32.1. The summed E-state index contributed by atoms with van der Waals surface area (Å²) in [5.41, 5.74) is 3.39. The van der Waals surface area contributed by atoms with Crippen LogP contribution in [-0.2, 0) is 6.61 Å². The molecule has 0 aliphatic carbocycles. The maximum Gasteiger partial charge on any atom is 0.161 e. The van der Waals surface area contributed by atoms with Crippen LogP contribution in [-0.4, -0.2) is 42.7 Å². The fourth-order valence-electron chi connectivity index (χ4n) is 4.46. The van der Waals surface area contributed by atoms with Crippen LogP contribution in [0.25, 0.3) is 10.2 Å². The van der Waals surface area contributed by atoms with Crippen LogP contribution in [0.4, 0.5) is 0 Å². The molecule has 6 heteroatoms. The molecule has 5 rings (SSSR count). The molecule has 0 saturated carbocycles. The predicted octanol–water partition coefficient (Wildman–Crippen LogP) is 5.66. The van der Waals surface area contributed by atoms with Crippen molar-refractivity contribution < 1.29 is 9.47 Å². The fourth-order valence-corrected chi connectivity index (χ4v) is 5.59. The number of hydrogen-bond donors (Lipinski definition) is 1. The summed E-state index contributed by atoms with van der Waals surface area (Å²) in [7, 11) is 0. The molecule has 34 heavy (non-hydrogen) atoms. The summed E-state index contributed by atoms with van der Waals surface area (Å²) in [5, 5.41) is 4.66. The Hall–Kier alpha value is -2.93. The Kier molecular flexibility index (Phi) is 7.39. The SMILES string of the molecule is CCOc1cc(C(c2nc3ccccc3s2)N2CCCNCC2)ccc1OCc1ccccc1. The van der Waals surface area contributed by atoms with Crippen molar-refractivity contribution in [3.05, 3.63) is 88.9 Å². The predicted molar refractivity (Wildman–Crippen MR) is 139 cm³/mol. The van der Waals surface area contributed by atoms with E-state index < -0.39 is 0 Å². The smallest absolute Gasteiger partial charge is 0.161 e. The van der Waals surface area contributed by atoms with Crippen LogP contribution in [0.3, 0.4) is 0 Å². The second-order valence-electron chi connectivity index (χ2n) is 8.48. The summed E-state index contributed by atoms with van der Waals surface area (Å²) in [6, 6.07) is 25.1. The third-order valence-corrected chi connectivity index (χ3v) is 7.19. The van der Waals surface area contributed by atoms with Gasteiger partial charge in [0.1, 0.15) is 11.6 Å². The summed E-state index contributed by atoms with van der Waals surface area (Å²) in [4.78, 5) is 7.60. The summed E-state index contributed by atoms with van der Waals surface area (Å²) in [6.45, 7) is 7.17. The molecule has 0 amide bonds. The van der Waals surface area contributed by atoms with Gasteiger partial charge in [-0.15, -0.1) is 11.3 Å². The van der Waals surface area contributed by atoms with E-state index in [4.69, 9.17) is 14.5 Å². The van der Waals surface area contributed by atoms with Crippen LogP contribution in [0.5, 0.6) is 11.5 Å². The number of ether oxygens (including phenoxy) is 2. The van der Waals surface area contributed by atoms with Crippen molar-refractivity contribution in [3.8, 4) is 11.5 Å². The topological polar surface area (TPSA) is 46.6 Å². The Balaban J connectivity index is 1.49. The molecule has 0 spiro atoms. The fraction of sp³-hybridized carbons (Fsp3) is 0.321.